The molecular weight excluding hydrogens is 546 g/mol. The number of carbonyl (C=O) groups is 3. The van der Waals surface area contributed by atoms with Crippen LogP contribution >= 0.6 is 23.4 Å². The minimum atomic E-state index is -0.653. The van der Waals surface area contributed by atoms with Gasteiger partial charge in [-0.3, -0.25) is 9.59 Å². The van der Waals surface area contributed by atoms with Gasteiger partial charge in [0.25, 0.3) is 5.91 Å². The van der Waals surface area contributed by atoms with E-state index in [1.165, 1.54) is 11.8 Å². The molecule has 0 saturated carbocycles. The Bertz CT molecular complexity index is 1530. The van der Waals surface area contributed by atoms with E-state index in [1.807, 2.05) is 30.3 Å². The van der Waals surface area contributed by atoms with Gasteiger partial charge >= 0.3 is 5.97 Å². The molecule has 0 saturated heterocycles. The average molecular weight is 572 g/mol. The highest BCUT2D eigenvalue weighted by molar-refractivity contribution is 8.03. The van der Waals surface area contributed by atoms with Crippen LogP contribution in [0.1, 0.15) is 46.0 Å². The number of thioether (sulfide) groups is 1. The molecule has 3 aromatic carbocycles. The van der Waals surface area contributed by atoms with Crippen molar-refractivity contribution in [2.75, 3.05) is 17.7 Å². The minimum Gasteiger partial charge on any atom is -0.462 e. The molecule has 9 heteroatoms. The lowest BCUT2D eigenvalue weighted by atomic mass is 9.82. The fourth-order valence-electron chi connectivity index (χ4n) is 4.27. The molecule has 0 fully saturated rings. The van der Waals surface area contributed by atoms with Gasteiger partial charge < -0.3 is 15.4 Å². The number of amides is 1. The van der Waals surface area contributed by atoms with E-state index in [2.05, 4.69) is 16.7 Å². The van der Waals surface area contributed by atoms with Crippen molar-refractivity contribution in [2.24, 2.45) is 0 Å². The summed E-state index contributed by atoms with van der Waals surface area (Å²) in [6.07, 6.45) is 0. The van der Waals surface area contributed by atoms with E-state index < -0.39 is 17.8 Å². The summed E-state index contributed by atoms with van der Waals surface area (Å²) in [5, 5.41) is 17.4. The first-order valence-corrected chi connectivity index (χ1v) is 13.9. The number of anilines is 1. The number of dihydropyridines is 1. The number of benzene rings is 3. The Balaban J connectivity index is 1.61. The highest BCUT2D eigenvalue weighted by Crippen LogP contribution is 2.41. The number of rotatable bonds is 9. The van der Waals surface area contributed by atoms with Crippen molar-refractivity contribution >= 4 is 46.7 Å². The Morgan fingerprint density at radius 2 is 1.65 bits per heavy atom. The Morgan fingerprint density at radius 1 is 1.00 bits per heavy atom. The van der Waals surface area contributed by atoms with Crippen molar-refractivity contribution < 1.29 is 19.1 Å². The number of Topliss-reactive ketones (excluding diaryl/α,β-unsaturated/α-hetero) is 1. The number of ether oxygens (including phenoxy) is 1. The molecule has 1 aliphatic rings. The van der Waals surface area contributed by atoms with Crippen molar-refractivity contribution in [2.45, 2.75) is 19.8 Å². The highest BCUT2D eigenvalue weighted by atomic mass is 35.5. The van der Waals surface area contributed by atoms with Gasteiger partial charge in [-0.05, 0) is 67.9 Å². The summed E-state index contributed by atoms with van der Waals surface area (Å²) in [5.41, 5.74) is 3.44. The fraction of sp³-hybridized carbons (Fsp3) is 0.161. The number of carbonyl (C=O) groups excluding carboxylic acids is 3. The zero-order valence-electron chi connectivity index (χ0n) is 21.9. The number of nitrogens with one attached hydrogen (secondary N) is 2. The van der Waals surface area contributed by atoms with Crippen LogP contribution in [0.5, 0.6) is 0 Å². The molecule has 1 aliphatic heterocycles. The number of esters is 1. The largest absolute Gasteiger partial charge is 0.462 e. The quantitative estimate of drug-likeness (QED) is 0.224. The minimum absolute atomic E-state index is 0.0955. The van der Waals surface area contributed by atoms with Crippen LogP contribution in [0.3, 0.4) is 0 Å². The standard InChI is InChI=1S/C31H26ClN3O4S/c1-3-39-31(38)22-11-15-24(16-12-22)35-29(37)27-19(2)34-30(25(17-33)28(27)21-7-5-4-6-8-21)40-18-26(36)20-9-13-23(32)14-10-20/h4-16,28,34H,3,18H2,1-2H3,(H,35,37)/t28-/m1/s1. The molecule has 1 amide bonds. The van der Waals surface area contributed by atoms with E-state index in [4.69, 9.17) is 16.3 Å². The smallest absolute Gasteiger partial charge is 0.338 e. The number of hydrogen-bond donors (Lipinski definition) is 2. The molecule has 7 nitrogen and oxygen atoms in total. The lowest BCUT2D eigenvalue weighted by molar-refractivity contribution is -0.113. The lowest BCUT2D eigenvalue weighted by Crippen LogP contribution is -2.31. The first-order valence-electron chi connectivity index (χ1n) is 12.5. The van der Waals surface area contributed by atoms with Crippen molar-refractivity contribution in [3.8, 4) is 6.07 Å². The molecule has 1 heterocycles. The van der Waals surface area contributed by atoms with E-state index in [0.717, 1.165) is 5.56 Å². The number of hydrogen-bond acceptors (Lipinski definition) is 7. The summed E-state index contributed by atoms with van der Waals surface area (Å²) < 4.78 is 5.01. The summed E-state index contributed by atoms with van der Waals surface area (Å²) in [5.74, 6) is -1.50. The molecule has 0 spiro atoms. The normalized spacial score (nSPS) is 14.7. The summed E-state index contributed by atoms with van der Waals surface area (Å²) in [4.78, 5) is 38.4. The molecule has 3 aromatic rings. The lowest BCUT2D eigenvalue weighted by Gasteiger charge is -2.30. The molecule has 0 aromatic heterocycles. The number of ketones is 1. The SMILES string of the molecule is CCOC(=O)c1ccc(NC(=O)C2=C(C)NC(SCC(=O)c3ccc(Cl)cc3)=C(C#N)[C@H]2c2ccccc2)cc1. The van der Waals surface area contributed by atoms with E-state index in [0.29, 0.717) is 43.7 Å². The molecule has 1 atom stereocenters. The fourth-order valence-corrected chi connectivity index (χ4v) is 5.38. The zero-order valence-corrected chi connectivity index (χ0v) is 23.4. The number of nitrogens with zero attached hydrogens (tertiary/aromatic N) is 1. The van der Waals surface area contributed by atoms with Gasteiger partial charge in [0, 0.05) is 27.5 Å². The first kappa shape index (κ1) is 28.7. The maximum absolute atomic E-state index is 13.6. The molecule has 40 heavy (non-hydrogen) atoms. The van der Waals surface area contributed by atoms with Gasteiger partial charge in [-0.2, -0.15) is 5.26 Å². The average Bonchev–Trinajstić information content (AvgIpc) is 2.96. The Morgan fingerprint density at radius 3 is 2.27 bits per heavy atom. The van der Waals surface area contributed by atoms with E-state index in [-0.39, 0.29) is 18.1 Å². The number of nitriles is 1. The van der Waals surface area contributed by atoms with Gasteiger partial charge in [-0.15, -0.1) is 0 Å². The second-order valence-corrected chi connectivity index (χ2v) is 10.3. The molecule has 0 aliphatic carbocycles. The third kappa shape index (κ3) is 6.63. The van der Waals surface area contributed by atoms with Gasteiger partial charge in [0.05, 0.1) is 40.5 Å². The highest BCUT2D eigenvalue weighted by Gasteiger charge is 2.35. The van der Waals surface area contributed by atoms with Gasteiger partial charge in [0.2, 0.25) is 0 Å². The molecule has 0 bridgehead atoms. The van der Waals surface area contributed by atoms with E-state index >= 15 is 0 Å². The maximum atomic E-state index is 13.6. The molecule has 202 valence electrons. The third-order valence-electron chi connectivity index (χ3n) is 6.19. The number of allylic oxidation sites excluding steroid dienone is 2. The van der Waals surface area contributed by atoms with Crippen LogP contribution in [0.4, 0.5) is 5.69 Å². The summed E-state index contributed by atoms with van der Waals surface area (Å²) >= 11 is 7.16. The van der Waals surface area contributed by atoms with Crippen LogP contribution in [0, 0.1) is 11.3 Å². The predicted molar refractivity (Wildman–Crippen MR) is 157 cm³/mol. The summed E-state index contributed by atoms with van der Waals surface area (Å²) in [7, 11) is 0. The van der Waals surface area contributed by atoms with Crippen LogP contribution in [0.15, 0.2) is 101 Å². The third-order valence-corrected chi connectivity index (χ3v) is 7.46. The zero-order chi connectivity index (χ0) is 28.6. The molecule has 2 N–H and O–H groups in total. The van der Waals surface area contributed by atoms with Crippen LogP contribution in [0.25, 0.3) is 0 Å². The van der Waals surface area contributed by atoms with Gasteiger partial charge in [-0.25, -0.2) is 4.79 Å². The van der Waals surface area contributed by atoms with Gasteiger partial charge in [-0.1, -0.05) is 53.7 Å². The van der Waals surface area contributed by atoms with Crippen LogP contribution in [-0.2, 0) is 9.53 Å². The van der Waals surface area contributed by atoms with Crippen molar-refractivity contribution in [3.63, 3.8) is 0 Å². The van der Waals surface area contributed by atoms with Gasteiger partial charge in [0.1, 0.15) is 0 Å². The first-order chi connectivity index (χ1) is 19.3. The topological polar surface area (TPSA) is 108 Å². The molecule has 0 radical (unpaired) electrons. The second-order valence-electron chi connectivity index (χ2n) is 8.83. The van der Waals surface area contributed by atoms with Crippen molar-refractivity contribution in [1.29, 1.82) is 5.26 Å². The maximum Gasteiger partial charge on any atom is 0.338 e. The Labute approximate surface area is 241 Å². The molecule has 4 rings (SSSR count). The van der Waals surface area contributed by atoms with Crippen LogP contribution in [0.2, 0.25) is 5.02 Å². The monoisotopic (exact) mass is 571 g/mol. The molecular formula is C31H26ClN3O4S. The van der Waals surface area contributed by atoms with E-state index in [1.54, 1.807) is 62.4 Å². The predicted octanol–water partition coefficient (Wildman–Crippen LogP) is 6.47. The summed E-state index contributed by atoms with van der Waals surface area (Å²) in [6, 6.07) is 24.6. The van der Waals surface area contributed by atoms with Crippen LogP contribution < -0.4 is 10.6 Å². The number of halogens is 1. The van der Waals surface area contributed by atoms with Crippen molar-refractivity contribution in [1.82, 2.24) is 5.32 Å². The summed E-state index contributed by atoms with van der Waals surface area (Å²) in [6.45, 7) is 3.77. The Kier molecular flexibility index (Phi) is 9.43. The second kappa shape index (κ2) is 13.2. The van der Waals surface area contributed by atoms with Crippen molar-refractivity contribution in [3.05, 3.63) is 122 Å². The van der Waals surface area contributed by atoms with Crippen LogP contribution in [-0.4, -0.2) is 30.0 Å². The Hall–Kier alpha value is -4.32. The van der Waals surface area contributed by atoms with Gasteiger partial charge in [0.15, 0.2) is 5.78 Å². The van der Waals surface area contributed by atoms with E-state index in [9.17, 15) is 19.6 Å². The molecule has 0 unspecified atom stereocenters.